The number of hydrogen-bond donors (Lipinski definition) is 0. The first kappa shape index (κ1) is 18.1. The van der Waals surface area contributed by atoms with E-state index in [-0.39, 0.29) is 21.8 Å². The van der Waals surface area contributed by atoms with Crippen LogP contribution in [0.25, 0.3) is 10.8 Å². The van der Waals surface area contributed by atoms with Crippen molar-refractivity contribution < 1.29 is 22.6 Å². The number of halogens is 2. The van der Waals surface area contributed by atoms with Gasteiger partial charge >= 0.3 is 0 Å². The summed E-state index contributed by atoms with van der Waals surface area (Å²) in [4.78, 5) is 26.3. The Kier molecular flexibility index (Phi) is 4.12. The molecule has 136 valence electrons. The van der Waals surface area contributed by atoms with Crippen LogP contribution in [0.4, 0.5) is 5.69 Å². The number of anilines is 1. The second kappa shape index (κ2) is 6.13. The first-order chi connectivity index (χ1) is 12.7. The molecule has 1 heterocycles. The van der Waals surface area contributed by atoms with Gasteiger partial charge in [0.25, 0.3) is 11.8 Å². The van der Waals surface area contributed by atoms with Crippen LogP contribution in [-0.2, 0) is 10.1 Å². The maximum Gasteiger partial charge on any atom is 0.266 e. The molecule has 9 heteroatoms. The van der Waals surface area contributed by atoms with E-state index in [4.69, 9.17) is 11.6 Å². The van der Waals surface area contributed by atoms with Gasteiger partial charge in [-0.2, -0.15) is 0 Å². The smallest absolute Gasteiger partial charge is 0.266 e. The van der Waals surface area contributed by atoms with Crippen molar-refractivity contribution >= 4 is 65.9 Å². The molecule has 1 aliphatic rings. The van der Waals surface area contributed by atoms with Gasteiger partial charge in [-0.15, -0.1) is 0 Å². The summed E-state index contributed by atoms with van der Waals surface area (Å²) < 4.78 is 34.7. The summed E-state index contributed by atoms with van der Waals surface area (Å²) in [6.45, 7) is 0. The molecule has 2 amide bonds. The van der Waals surface area contributed by atoms with Crippen LogP contribution in [0.15, 0.2) is 57.9 Å². The lowest BCUT2D eigenvalue weighted by Crippen LogP contribution is -2.40. The molecule has 0 N–H and O–H groups in total. The van der Waals surface area contributed by atoms with Crippen LogP contribution in [-0.4, -0.2) is 24.8 Å². The molecule has 3 aromatic carbocycles. The van der Waals surface area contributed by atoms with Crippen LogP contribution in [0.3, 0.4) is 0 Å². The van der Waals surface area contributed by atoms with Crippen molar-refractivity contribution in [1.29, 1.82) is 0 Å². The van der Waals surface area contributed by atoms with Crippen LogP contribution in [0, 0.1) is 0 Å². The van der Waals surface area contributed by atoms with Gasteiger partial charge in [-0.3, -0.25) is 9.59 Å². The highest BCUT2D eigenvalue weighted by molar-refractivity contribution is 9.10. The van der Waals surface area contributed by atoms with Gasteiger partial charge in [0.15, 0.2) is 0 Å². The minimum absolute atomic E-state index is 0.0327. The van der Waals surface area contributed by atoms with Crippen molar-refractivity contribution in [2.75, 3.05) is 4.90 Å². The van der Waals surface area contributed by atoms with E-state index in [1.54, 1.807) is 30.3 Å². The fraction of sp³-hybridized carbons (Fsp3) is 0. The fourth-order valence-electron chi connectivity index (χ4n) is 3.11. The van der Waals surface area contributed by atoms with Crippen LogP contribution in [0.2, 0.25) is 5.02 Å². The van der Waals surface area contributed by atoms with Gasteiger partial charge in [-0.25, -0.2) is 13.3 Å². The second-order valence-electron chi connectivity index (χ2n) is 5.87. The molecule has 3 aromatic rings. The van der Waals surface area contributed by atoms with Crippen LogP contribution in [0.5, 0.6) is 0 Å². The molecule has 27 heavy (non-hydrogen) atoms. The largest absolute Gasteiger partial charge is 0.744 e. The van der Waals surface area contributed by atoms with E-state index in [0.29, 0.717) is 15.2 Å². The third-order valence-electron chi connectivity index (χ3n) is 4.26. The highest BCUT2D eigenvalue weighted by Gasteiger charge is 2.35. The fourth-order valence-corrected chi connectivity index (χ4v) is 4.28. The van der Waals surface area contributed by atoms with E-state index in [1.165, 1.54) is 6.07 Å². The lowest BCUT2D eigenvalue weighted by atomic mass is 9.94. The van der Waals surface area contributed by atoms with E-state index in [0.717, 1.165) is 17.0 Å². The summed E-state index contributed by atoms with van der Waals surface area (Å²) in [7, 11) is -4.79. The highest BCUT2D eigenvalue weighted by atomic mass is 79.9. The third kappa shape index (κ3) is 2.85. The highest BCUT2D eigenvalue weighted by Crippen LogP contribution is 2.37. The molecule has 0 bridgehead atoms. The molecule has 0 atom stereocenters. The Labute approximate surface area is 167 Å². The summed E-state index contributed by atoms with van der Waals surface area (Å²) in [5, 5.41) is 1.19. The molecule has 0 aromatic heterocycles. The number of nitrogens with zero attached hydrogens (tertiary/aromatic N) is 1. The van der Waals surface area contributed by atoms with Crippen molar-refractivity contribution in [3.8, 4) is 0 Å². The number of carbonyl (C=O) groups excluding carboxylic acids is 2. The quantitative estimate of drug-likeness (QED) is 0.422. The summed E-state index contributed by atoms with van der Waals surface area (Å²) in [5.41, 5.74) is 0.383. The van der Waals surface area contributed by atoms with E-state index in [9.17, 15) is 22.6 Å². The average molecular weight is 466 g/mol. The van der Waals surface area contributed by atoms with Crippen molar-refractivity contribution in [1.82, 2.24) is 0 Å². The Bertz CT molecular complexity index is 1270. The molecule has 6 nitrogen and oxygen atoms in total. The number of hydrogen-bond acceptors (Lipinski definition) is 5. The molecule has 0 fully saturated rings. The van der Waals surface area contributed by atoms with Crippen LogP contribution >= 0.6 is 27.5 Å². The third-order valence-corrected chi connectivity index (χ3v) is 5.86. The molecule has 0 radical (unpaired) electrons. The van der Waals surface area contributed by atoms with E-state index in [1.807, 2.05) is 0 Å². The zero-order valence-electron chi connectivity index (χ0n) is 13.3. The van der Waals surface area contributed by atoms with Gasteiger partial charge in [-0.1, -0.05) is 39.7 Å². The Morgan fingerprint density at radius 3 is 2.37 bits per heavy atom. The van der Waals surface area contributed by atoms with Gasteiger partial charge in [-0.05, 0) is 41.8 Å². The Hall–Kier alpha value is -2.26. The molecule has 0 aliphatic carbocycles. The van der Waals surface area contributed by atoms with Crippen molar-refractivity contribution in [3.05, 3.63) is 69.2 Å². The predicted octanol–water partition coefficient (Wildman–Crippen LogP) is 3.96. The standard InChI is InChI=1S/C18H9BrClNO5S/c19-10-6-9-2-1-3-12-16(9)13(7-10)18(23)21(17(12)22)15-8-11(27(24,25)26)4-5-14(15)20/h1-8H,(H,24,25,26)/p-1. The van der Waals surface area contributed by atoms with Crippen molar-refractivity contribution in [2.45, 2.75) is 4.90 Å². The SMILES string of the molecule is O=C1c2cccc3cc(Br)cc(c23)C(=O)N1c1cc(S(=O)(=O)[O-])ccc1Cl. The predicted molar refractivity (Wildman–Crippen MR) is 102 cm³/mol. The molecule has 4 rings (SSSR count). The zero-order valence-corrected chi connectivity index (χ0v) is 16.4. The lowest BCUT2D eigenvalue weighted by Gasteiger charge is -2.28. The maximum absolute atomic E-state index is 13.1. The van der Waals surface area contributed by atoms with E-state index in [2.05, 4.69) is 15.9 Å². The van der Waals surface area contributed by atoms with Crippen LogP contribution < -0.4 is 4.90 Å². The normalized spacial score (nSPS) is 14.1. The Morgan fingerprint density at radius 1 is 0.963 bits per heavy atom. The van der Waals surface area contributed by atoms with E-state index >= 15 is 0 Å². The first-order valence-electron chi connectivity index (χ1n) is 7.55. The topological polar surface area (TPSA) is 94.6 Å². The van der Waals surface area contributed by atoms with Crippen molar-refractivity contribution in [3.63, 3.8) is 0 Å². The molecule has 1 aliphatic heterocycles. The van der Waals surface area contributed by atoms with Gasteiger partial charge < -0.3 is 4.55 Å². The van der Waals surface area contributed by atoms with Crippen molar-refractivity contribution in [2.24, 2.45) is 0 Å². The van der Waals surface area contributed by atoms with Gasteiger partial charge in [0.1, 0.15) is 10.1 Å². The van der Waals surface area contributed by atoms with Crippen LogP contribution in [0.1, 0.15) is 20.7 Å². The zero-order chi connectivity index (χ0) is 19.5. The molecular formula is C18H8BrClNO5S-. The van der Waals surface area contributed by atoms with Gasteiger partial charge in [0.05, 0.1) is 21.2 Å². The Balaban J connectivity index is 2.00. The summed E-state index contributed by atoms with van der Waals surface area (Å²) in [5.74, 6) is -1.31. The molecule has 0 saturated heterocycles. The molecule has 0 saturated carbocycles. The number of rotatable bonds is 2. The minimum atomic E-state index is -4.79. The van der Waals surface area contributed by atoms with Gasteiger partial charge in [0.2, 0.25) is 0 Å². The number of carbonyl (C=O) groups is 2. The molecular weight excluding hydrogens is 458 g/mol. The average Bonchev–Trinajstić information content (AvgIpc) is 2.59. The second-order valence-corrected chi connectivity index (χ2v) is 8.57. The number of imide groups is 1. The monoisotopic (exact) mass is 464 g/mol. The Morgan fingerprint density at radius 2 is 1.67 bits per heavy atom. The minimum Gasteiger partial charge on any atom is -0.744 e. The summed E-state index contributed by atoms with van der Waals surface area (Å²) in [6, 6.07) is 11.5. The molecule has 0 unspecified atom stereocenters. The summed E-state index contributed by atoms with van der Waals surface area (Å²) >= 11 is 9.46. The lowest BCUT2D eigenvalue weighted by molar-refractivity contribution is 0.0893. The first-order valence-corrected chi connectivity index (χ1v) is 10.1. The number of benzene rings is 3. The summed E-state index contributed by atoms with van der Waals surface area (Å²) in [6.07, 6.45) is 0. The maximum atomic E-state index is 13.1. The van der Waals surface area contributed by atoms with Gasteiger partial charge in [0, 0.05) is 15.4 Å². The molecule has 0 spiro atoms. The number of amides is 2. The van der Waals surface area contributed by atoms with E-state index < -0.39 is 26.8 Å².